The molecule has 3 aromatic carbocycles. The average molecular weight is 464 g/mol. The van der Waals surface area contributed by atoms with Crippen LogP contribution >= 0.6 is 0 Å². The van der Waals surface area contributed by atoms with Crippen LogP contribution in [-0.2, 0) is 12.7 Å². The summed E-state index contributed by atoms with van der Waals surface area (Å²) < 4.78 is 43.0. The van der Waals surface area contributed by atoms with E-state index in [-0.39, 0.29) is 5.52 Å². The highest BCUT2D eigenvalue weighted by atomic mass is 19.4. The van der Waals surface area contributed by atoms with Crippen LogP contribution in [0.4, 0.5) is 18.9 Å². The summed E-state index contributed by atoms with van der Waals surface area (Å²) in [6.45, 7) is 3.67. The Hall–Kier alpha value is -3.28. The lowest BCUT2D eigenvalue weighted by atomic mass is 9.98. The predicted octanol–water partition coefficient (Wildman–Crippen LogP) is 7.54. The van der Waals surface area contributed by atoms with E-state index in [9.17, 15) is 13.2 Å². The molecular weight excluding hydrogens is 435 g/mol. The SMILES string of the molecule is CCC1CCCCN1c1ccc(-c2c3cccc(C(F)(F)F)c3nn2Cc2ccccc2)cc1. The lowest BCUT2D eigenvalue weighted by Crippen LogP contribution is -2.39. The molecule has 1 fully saturated rings. The zero-order valence-electron chi connectivity index (χ0n) is 19.2. The van der Waals surface area contributed by atoms with Gasteiger partial charge in [0.2, 0.25) is 0 Å². The Bertz CT molecular complexity index is 1260. The topological polar surface area (TPSA) is 21.1 Å². The molecule has 34 heavy (non-hydrogen) atoms. The molecule has 1 aromatic heterocycles. The summed E-state index contributed by atoms with van der Waals surface area (Å²) in [5.41, 5.74) is 3.03. The zero-order chi connectivity index (χ0) is 23.7. The van der Waals surface area contributed by atoms with E-state index in [1.165, 1.54) is 31.0 Å². The monoisotopic (exact) mass is 463 g/mol. The third kappa shape index (κ3) is 4.29. The highest BCUT2D eigenvalue weighted by Gasteiger charge is 2.34. The van der Waals surface area contributed by atoms with Crippen molar-refractivity contribution in [3.63, 3.8) is 0 Å². The molecule has 6 heteroatoms. The number of nitrogens with zero attached hydrogens (tertiary/aromatic N) is 3. The van der Waals surface area contributed by atoms with Gasteiger partial charge in [0.25, 0.3) is 0 Å². The van der Waals surface area contributed by atoms with Crippen LogP contribution in [0.5, 0.6) is 0 Å². The molecule has 0 aliphatic carbocycles. The van der Waals surface area contributed by atoms with E-state index in [4.69, 9.17) is 0 Å². The van der Waals surface area contributed by atoms with E-state index in [1.807, 2.05) is 42.5 Å². The Labute approximate surface area is 197 Å². The van der Waals surface area contributed by atoms with Crippen LogP contribution in [0, 0.1) is 0 Å². The first kappa shape index (κ1) is 22.5. The molecule has 176 valence electrons. The molecule has 1 saturated heterocycles. The van der Waals surface area contributed by atoms with Crippen molar-refractivity contribution in [3.05, 3.63) is 83.9 Å². The molecule has 0 N–H and O–H groups in total. The largest absolute Gasteiger partial charge is 0.418 e. The zero-order valence-corrected chi connectivity index (χ0v) is 19.2. The Morgan fingerprint density at radius 2 is 1.68 bits per heavy atom. The number of alkyl halides is 3. The summed E-state index contributed by atoms with van der Waals surface area (Å²) in [5, 5.41) is 4.99. The van der Waals surface area contributed by atoms with Crippen LogP contribution in [-0.4, -0.2) is 22.4 Å². The second-order valence-electron chi connectivity index (χ2n) is 8.99. The number of rotatable bonds is 5. The number of hydrogen-bond acceptors (Lipinski definition) is 2. The maximum absolute atomic E-state index is 13.8. The Morgan fingerprint density at radius 3 is 2.38 bits per heavy atom. The average Bonchev–Trinajstić information content (AvgIpc) is 3.22. The molecule has 3 nitrogen and oxygen atoms in total. The van der Waals surface area contributed by atoms with E-state index in [0.717, 1.165) is 30.2 Å². The fourth-order valence-corrected chi connectivity index (χ4v) is 5.13. The fourth-order valence-electron chi connectivity index (χ4n) is 5.13. The molecule has 0 radical (unpaired) electrons. The summed E-state index contributed by atoms with van der Waals surface area (Å²) >= 11 is 0. The normalized spacial score (nSPS) is 16.8. The van der Waals surface area contributed by atoms with Crippen molar-refractivity contribution in [2.24, 2.45) is 0 Å². The van der Waals surface area contributed by atoms with E-state index in [0.29, 0.717) is 23.7 Å². The van der Waals surface area contributed by atoms with Gasteiger partial charge in [-0.2, -0.15) is 18.3 Å². The number of piperidine rings is 1. The molecular formula is C28H28F3N3. The molecule has 1 aliphatic heterocycles. The first-order valence-electron chi connectivity index (χ1n) is 11.9. The molecule has 1 atom stereocenters. The maximum Gasteiger partial charge on any atom is 0.418 e. The molecule has 0 saturated carbocycles. The standard InChI is InChI=1S/C28H28F3N3/c1-2-22-11-6-7-18-33(22)23-16-14-21(15-17-23)27-24-12-8-13-25(28(29,30)31)26(24)32-34(27)19-20-9-4-3-5-10-20/h3-5,8-10,12-17,22H,2,6-7,11,18-19H2,1H3. The molecule has 1 aliphatic rings. The van der Waals surface area contributed by atoms with Crippen LogP contribution in [0.1, 0.15) is 43.7 Å². The van der Waals surface area contributed by atoms with Crippen LogP contribution in [0.15, 0.2) is 72.8 Å². The first-order valence-corrected chi connectivity index (χ1v) is 11.9. The quantitative estimate of drug-likeness (QED) is 0.305. The summed E-state index contributed by atoms with van der Waals surface area (Å²) in [6.07, 6.45) is 0.297. The van der Waals surface area contributed by atoms with Crippen molar-refractivity contribution >= 4 is 16.6 Å². The lowest BCUT2D eigenvalue weighted by Gasteiger charge is -2.37. The highest BCUT2D eigenvalue weighted by Crippen LogP contribution is 2.38. The van der Waals surface area contributed by atoms with Crippen LogP contribution in [0.3, 0.4) is 0 Å². The Balaban J connectivity index is 1.61. The summed E-state index contributed by atoms with van der Waals surface area (Å²) in [5.74, 6) is 0. The molecule has 0 spiro atoms. The Morgan fingerprint density at radius 1 is 0.912 bits per heavy atom. The summed E-state index contributed by atoms with van der Waals surface area (Å²) in [7, 11) is 0. The number of aromatic nitrogens is 2. The first-order chi connectivity index (χ1) is 16.5. The van der Waals surface area contributed by atoms with Gasteiger partial charge >= 0.3 is 6.18 Å². The highest BCUT2D eigenvalue weighted by molar-refractivity contribution is 5.95. The van der Waals surface area contributed by atoms with E-state index in [1.54, 1.807) is 10.7 Å². The third-order valence-corrected chi connectivity index (χ3v) is 6.82. The number of benzene rings is 3. The molecule has 0 amide bonds. The van der Waals surface area contributed by atoms with Crippen molar-refractivity contribution in [1.29, 1.82) is 0 Å². The van der Waals surface area contributed by atoms with E-state index in [2.05, 4.69) is 29.1 Å². The minimum absolute atomic E-state index is 0.00733. The van der Waals surface area contributed by atoms with Crippen LogP contribution in [0.2, 0.25) is 0 Å². The van der Waals surface area contributed by atoms with Gasteiger partial charge in [-0.15, -0.1) is 0 Å². The second kappa shape index (κ2) is 9.16. The molecule has 2 heterocycles. The van der Waals surface area contributed by atoms with Crippen molar-refractivity contribution in [2.45, 2.75) is 51.4 Å². The third-order valence-electron chi connectivity index (χ3n) is 6.82. The van der Waals surface area contributed by atoms with Gasteiger partial charge in [0, 0.05) is 29.2 Å². The number of halogens is 3. The minimum atomic E-state index is -4.46. The molecule has 5 rings (SSSR count). The smallest absolute Gasteiger partial charge is 0.369 e. The van der Waals surface area contributed by atoms with Crippen LogP contribution in [0.25, 0.3) is 22.2 Å². The second-order valence-corrected chi connectivity index (χ2v) is 8.99. The summed E-state index contributed by atoms with van der Waals surface area (Å²) in [4.78, 5) is 2.47. The maximum atomic E-state index is 13.8. The van der Waals surface area contributed by atoms with Crippen molar-refractivity contribution in [3.8, 4) is 11.3 Å². The summed E-state index contributed by atoms with van der Waals surface area (Å²) in [6, 6.07) is 22.8. The van der Waals surface area contributed by atoms with Gasteiger partial charge in [-0.25, -0.2) is 0 Å². The Kier molecular flexibility index (Phi) is 6.07. The van der Waals surface area contributed by atoms with E-state index < -0.39 is 11.7 Å². The van der Waals surface area contributed by atoms with Crippen molar-refractivity contribution < 1.29 is 13.2 Å². The van der Waals surface area contributed by atoms with Gasteiger partial charge in [0.15, 0.2) is 0 Å². The number of fused-ring (bicyclic) bond motifs is 1. The molecule has 0 bridgehead atoms. The molecule has 1 unspecified atom stereocenters. The van der Waals surface area contributed by atoms with Crippen LogP contribution < -0.4 is 4.90 Å². The minimum Gasteiger partial charge on any atom is -0.369 e. The van der Waals surface area contributed by atoms with Gasteiger partial charge in [-0.3, -0.25) is 4.68 Å². The van der Waals surface area contributed by atoms with Crippen molar-refractivity contribution in [2.75, 3.05) is 11.4 Å². The van der Waals surface area contributed by atoms with Crippen molar-refractivity contribution in [1.82, 2.24) is 9.78 Å². The van der Waals surface area contributed by atoms with E-state index >= 15 is 0 Å². The van der Waals surface area contributed by atoms with Gasteiger partial charge < -0.3 is 4.90 Å². The van der Waals surface area contributed by atoms with Gasteiger partial charge in [-0.05, 0) is 49.4 Å². The number of anilines is 1. The predicted molar refractivity (Wildman–Crippen MR) is 131 cm³/mol. The fraction of sp³-hybridized carbons (Fsp3) is 0.321. The molecule has 4 aromatic rings. The lowest BCUT2D eigenvalue weighted by molar-refractivity contribution is -0.136. The number of hydrogen-bond donors (Lipinski definition) is 0. The van der Waals surface area contributed by atoms with Gasteiger partial charge in [0.05, 0.1) is 17.8 Å². The van der Waals surface area contributed by atoms with Gasteiger partial charge in [-0.1, -0.05) is 61.5 Å². The van der Waals surface area contributed by atoms with Gasteiger partial charge in [0.1, 0.15) is 5.52 Å².